The Kier molecular flexibility index (Phi) is 3.66. The maximum Gasteiger partial charge on any atom is 0.372 e. The van der Waals surface area contributed by atoms with E-state index in [0.717, 1.165) is 0 Å². The maximum atomic E-state index is 13.1. The van der Waals surface area contributed by atoms with Gasteiger partial charge in [0.05, 0.1) is 6.26 Å². The largest absolute Gasteiger partial charge is 0.489 e. The molecule has 0 fully saturated rings. The van der Waals surface area contributed by atoms with Crippen LogP contribution in [0.2, 0.25) is 0 Å². The van der Waals surface area contributed by atoms with E-state index >= 15 is 0 Å². The molecule has 1 aromatic carbocycles. The van der Waals surface area contributed by atoms with E-state index in [2.05, 4.69) is 15.9 Å². The number of aromatic carboxylic acids is 1. The molecule has 0 aliphatic heterocycles. The van der Waals surface area contributed by atoms with Gasteiger partial charge in [-0.1, -0.05) is 15.9 Å². The van der Waals surface area contributed by atoms with Crippen molar-refractivity contribution >= 4 is 21.9 Å². The van der Waals surface area contributed by atoms with E-state index in [9.17, 15) is 9.18 Å². The van der Waals surface area contributed by atoms with Crippen LogP contribution in [-0.2, 0) is 6.61 Å². The van der Waals surface area contributed by atoms with Crippen molar-refractivity contribution < 1.29 is 23.4 Å². The van der Waals surface area contributed by atoms with Crippen molar-refractivity contribution in [3.05, 3.63) is 52.1 Å². The smallest absolute Gasteiger partial charge is 0.372 e. The minimum atomic E-state index is -1.17. The van der Waals surface area contributed by atoms with Crippen LogP contribution in [0, 0.1) is 5.82 Å². The van der Waals surface area contributed by atoms with E-state index in [1.165, 1.54) is 24.5 Å². The van der Waals surface area contributed by atoms with E-state index in [0.29, 0.717) is 15.8 Å². The van der Waals surface area contributed by atoms with Crippen molar-refractivity contribution in [1.82, 2.24) is 0 Å². The summed E-state index contributed by atoms with van der Waals surface area (Å²) < 4.78 is 23.7. The summed E-state index contributed by atoms with van der Waals surface area (Å²) in [6.45, 7) is -0.00593. The molecule has 4 nitrogen and oxygen atoms in total. The van der Waals surface area contributed by atoms with Gasteiger partial charge in [-0.25, -0.2) is 9.18 Å². The molecule has 1 aromatic heterocycles. The summed E-state index contributed by atoms with van der Waals surface area (Å²) in [5.74, 6) is -1.48. The highest BCUT2D eigenvalue weighted by Crippen LogP contribution is 2.22. The fraction of sp³-hybridized carbons (Fsp3) is 0.0833. The number of carbonyl (C=O) groups is 1. The SMILES string of the molecule is O=C(O)c1occc1COc1cc(F)cc(Br)c1. The first-order valence-electron chi connectivity index (χ1n) is 4.95. The average Bonchev–Trinajstić information content (AvgIpc) is 2.73. The van der Waals surface area contributed by atoms with Gasteiger partial charge in [-0.15, -0.1) is 0 Å². The molecule has 2 aromatic rings. The summed E-state index contributed by atoms with van der Waals surface area (Å²) in [6.07, 6.45) is 1.27. The second-order valence-electron chi connectivity index (χ2n) is 3.47. The average molecular weight is 315 g/mol. The molecule has 0 radical (unpaired) electrons. The molecule has 0 aliphatic rings. The monoisotopic (exact) mass is 314 g/mol. The van der Waals surface area contributed by atoms with Gasteiger partial charge in [-0.3, -0.25) is 0 Å². The second kappa shape index (κ2) is 5.22. The van der Waals surface area contributed by atoms with Crippen LogP contribution in [0.25, 0.3) is 0 Å². The Labute approximate surface area is 110 Å². The van der Waals surface area contributed by atoms with Crippen molar-refractivity contribution in [3.8, 4) is 5.75 Å². The Balaban J connectivity index is 2.11. The van der Waals surface area contributed by atoms with Crippen LogP contribution in [0.3, 0.4) is 0 Å². The van der Waals surface area contributed by atoms with Crippen molar-refractivity contribution in [2.45, 2.75) is 6.61 Å². The van der Waals surface area contributed by atoms with E-state index in [4.69, 9.17) is 14.3 Å². The third-order valence-electron chi connectivity index (χ3n) is 2.17. The minimum Gasteiger partial charge on any atom is -0.489 e. The molecule has 0 saturated carbocycles. The number of furan rings is 1. The van der Waals surface area contributed by atoms with Gasteiger partial charge in [-0.05, 0) is 18.2 Å². The number of hydrogen-bond donors (Lipinski definition) is 1. The van der Waals surface area contributed by atoms with Crippen LogP contribution in [-0.4, -0.2) is 11.1 Å². The Morgan fingerprint density at radius 3 is 2.89 bits per heavy atom. The zero-order valence-electron chi connectivity index (χ0n) is 9.02. The Morgan fingerprint density at radius 2 is 2.22 bits per heavy atom. The first-order chi connectivity index (χ1) is 8.56. The molecule has 0 amide bonds. The van der Waals surface area contributed by atoms with Crippen molar-refractivity contribution in [3.63, 3.8) is 0 Å². The van der Waals surface area contributed by atoms with Crippen LogP contribution < -0.4 is 4.74 Å². The number of rotatable bonds is 4. The number of hydrogen-bond acceptors (Lipinski definition) is 3. The van der Waals surface area contributed by atoms with Crippen molar-refractivity contribution in [2.75, 3.05) is 0 Å². The molecule has 6 heteroatoms. The third-order valence-corrected chi connectivity index (χ3v) is 2.63. The molecule has 0 saturated heterocycles. The highest BCUT2D eigenvalue weighted by Gasteiger charge is 2.14. The van der Waals surface area contributed by atoms with Crippen LogP contribution >= 0.6 is 15.9 Å². The van der Waals surface area contributed by atoms with E-state index < -0.39 is 11.8 Å². The molecule has 0 bridgehead atoms. The normalized spacial score (nSPS) is 10.3. The molecule has 2 rings (SSSR count). The van der Waals surface area contributed by atoms with Gasteiger partial charge >= 0.3 is 5.97 Å². The number of ether oxygens (including phenoxy) is 1. The fourth-order valence-corrected chi connectivity index (χ4v) is 1.85. The lowest BCUT2D eigenvalue weighted by Gasteiger charge is -2.06. The van der Waals surface area contributed by atoms with Crippen molar-refractivity contribution in [1.29, 1.82) is 0 Å². The van der Waals surface area contributed by atoms with Gasteiger partial charge in [0.2, 0.25) is 5.76 Å². The lowest BCUT2D eigenvalue weighted by atomic mass is 10.2. The predicted octanol–water partition coefficient (Wildman–Crippen LogP) is 3.46. The number of carboxylic acids is 1. The van der Waals surface area contributed by atoms with Crippen LogP contribution in [0.5, 0.6) is 5.75 Å². The van der Waals surface area contributed by atoms with Crippen LogP contribution in [0.4, 0.5) is 4.39 Å². The van der Waals surface area contributed by atoms with Crippen LogP contribution in [0.15, 0.2) is 39.4 Å². The topological polar surface area (TPSA) is 59.7 Å². The molecule has 1 heterocycles. The summed E-state index contributed by atoms with van der Waals surface area (Å²) in [6, 6.07) is 5.60. The third kappa shape index (κ3) is 2.89. The summed E-state index contributed by atoms with van der Waals surface area (Å²) >= 11 is 3.14. The highest BCUT2D eigenvalue weighted by atomic mass is 79.9. The summed E-state index contributed by atoms with van der Waals surface area (Å²) in [7, 11) is 0. The van der Waals surface area contributed by atoms with E-state index in [1.54, 1.807) is 6.07 Å². The van der Waals surface area contributed by atoms with Gasteiger partial charge in [0.25, 0.3) is 0 Å². The van der Waals surface area contributed by atoms with Crippen LogP contribution in [0.1, 0.15) is 16.1 Å². The lowest BCUT2D eigenvalue weighted by molar-refractivity contribution is 0.0658. The Hall–Kier alpha value is -1.82. The predicted molar refractivity (Wildman–Crippen MR) is 64.1 cm³/mol. The molecular weight excluding hydrogens is 307 g/mol. The van der Waals surface area contributed by atoms with Gasteiger partial charge < -0.3 is 14.3 Å². The second-order valence-corrected chi connectivity index (χ2v) is 4.39. The molecule has 18 heavy (non-hydrogen) atoms. The molecule has 0 aliphatic carbocycles. The van der Waals surface area contributed by atoms with Gasteiger partial charge in [-0.2, -0.15) is 0 Å². The minimum absolute atomic E-state index is 0.00593. The van der Waals surface area contributed by atoms with E-state index in [1.807, 2.05) is 0 Å². The summed E-state index contributed by atoms with van der Waals surface area (Å²) in [5, 5.41) is 8.82. The zero-order chi connectivity index (χ0) is 13.1. The Morgan fingerprint density at radius 1 is 1.44 bits per heavy atom. The molecule has 0 unspecified atom stereocenters. The number of carboxylic acid groups (broad SMARTS) is 1. The zero-order valence-corrected chi connectivity index (χ0v) is 10.6. The van der Waals surface area contributed by atoms with Crippen molar-refractivity contribution in [2.24, 2.45) is 0 Å². The van der Waals surface area contributed by atoms with Gasteiger partial charge in [0.1, 0.15) is 18.2 Å². The number of benzene rings is 1. The number of halogens is 2. The molecule has 1 N–H and O–H groups in total. The highest BCUT2D eigenvalue weighted by molar-refractivity contribution is 9.10. The van der Waals surface area contributed by atoms with E-state index in [-0.39, 0.29) is 12.4 Å². The molecule has 0 spiro atoms. The summed E-state index contributed by atoms with van der Waals surface area (Å²) in [5.41, 5.74) is 0.392. The molecule has 94 valence electrons. The first kappa shape index (κ1) is 12.6. The Bertz CT molecular complexity index is 559. The van der Waals surface area contributed by atoms with Gasteiger partial charge in [0, 0.05) is 16.1 Å². The van der Waals surface area contributed by atoms with Gasteiger partial charge in [0.15, 0.2) is 0 Å². The first-order valence-corrected chi connectivity index (χ1v) is 5.74. The maximum absolute atomic E-state index is 13.1. The molecule has 0 atom stereocenters. The fourth-order valence-electron chi connectivity index (χ4n) is 1.41. The quantitative estimate of drug-likeness (QED) is 0.939. The standard InChI is InChI=1S/C12H8BrFO4/c13-8-3-9(14)5-10(4-8)18-6-7-1-2-17-11(7)12(15)16/h1-5H,6H2,(H,15,16). The summed E-state index contributed by atoms with van der Waals surface area (Å²) in [4.78, 5) is 10.8. The lowest BCUT2D eigenvalue weighted by Crippen LogP contribution is -2.02. The molecular formula is C12H8BrFO4.